The van der Waals surface area contributed by atoms with Gasteiger partial charge in [-0.15, -0.1) is 0 Å². The van der Waals surface area contributed by atoms with E-state index in [2.05, 4.69) is 12.2 Å². The molecule has 0 aromatic rings. The number of carbonyl (C=O) groups is 1. The highest BCUT2D eigenvalue weighted by molar-refractivity contribution is 5.79. The van der Waals surface area contributed by atoms with Gasteiger partial charge in [-0.05, 0) is 38.5 Å². The molecule has 1 rings (SSSR count). The summed E-state index contributed by atoms with van der Waals surface area (Å²) in [4.78, 5) is 10.8. The van der Waals surface area contributed by atoms with Gasteiger partial charge in [-0.1, -0.05) is 6.92 Å². The zero-order valence-corrected chi connectivity index (χ0v) is 8.55. The Morgan fingerprint density at radius 3 is 2.38 bits per heavy atom. The normalized spacial score (nSPS) is 31.2. The van der Waals surface area contributed by atoms with E-state index in [9.17, 15) is 4.79 Å². The molecule has 3 N–H and O–H groups in total. The fourth-order valence-corrected chi connectivity index (χ4v) is 1.86. The largest absolute Gasteiger partial charge is 0.368 e. The molecule has 0 radical (unpaired) electrons. The molecule has 0 spiro atoms. The maximum absolute atomic E-state index is 10.8. The second-order valence-corrected chi connectivity index (χ2v) is 4.25. The van der Waals surface area contributed by atoms with Gasteiger partial charge in [0.05, 0.1) is 6.04 Å². The minimum atomic E-state index is -0.251. The highest BCUT2D eigenvalue weighted by Gasteiger charge is 2.20. The molecule has 0 aromatic carbocycles. The number of hydrogen-bond acceptors (Lipinski definition) is 2. The monoisotopic (exact) mass is 184 g/mol. The Labute approximate surface area is 80.1 Å². The molecular weight excluding hydrogens is 164 g/mol. The third kappa shape index (κ3) is 3.35. The summed E-state index contributed by atoms with van der Waals surface area (Å²) in [5.74, 6) is 0.598. The molecule has 1 aliphatic rings. The van der Waals surface area contributed by atoms with E-state index in [0.717, 1.165) is 5.92 Å². The van der Waals surface area contributed by atoms with Crippen molar-refractivity contribution < 1.29 is 4.79 Å². The van der Waals surface area contributed by atoms with Crippen LogP contribution in [-0.4, -0.2) is 18.0 Å². The third-order valence-corrected chi connectivity index (χ3v) is 2.93. The fourth-order valence-electron chi connectivity index (χ4n) is 1.86. The average Bonchev–Trinajstić information content (AvgIpc) is 2.08. The minimum Gasteiger partial charge on any atom is -0.368 e. The Balaban J connectivity index is 2.26. The quantitative estimate of drug-likeness (QED) is 0.688. The van der Waals surface area contributed by atoms with Crippen LogP contribution in [0, 0.1) is 5.92 Å². The highest BCUT2D eigenvalue weighted by Crippen LogP contribution is 2.23. The molecule has 1 unspecified atom stereocenters. The van der Waals surface area contributed by atoms with Gasteiger partial charge < -0.3 is 11.1 Å². The summed E-state index contributed by atoms with van der Waals surface area (Å²) >= 11 is 0. The van der Waals surface area contributed by atoms with Gasteiger partial charge in [-0.25, -0.2) is 0 Å². The van der Waals surface area contributed by atoms with Crippen molar-refractivity contribution in [2.24, 2.45) is 11.7 Å². The molecule has 0 saturated heterocycles. The smallest absolute Gasteiger partial charge is 0.234 e. The molecule has 3 nitrogen and oxygen atoms in total. The molecule has 0 bridgehead atoms. The minimum absolute atomic E-state index is 0.182. The van der Waals surface area contributed by atoms with Crippen molar-refractivity contribution in [3.63, 3.8) is 0 Å². The van der Waals surface area contributed by atoms with Gasteiger partial charge in [0, 0.05) is 6.04 Å². The van der Waals surface area contributed by atoms with Crippen molar-refractivity contribution in [3.05, 3.63) is 0 Å². The topological polar surface area (TPSA) is 55.1 Å². The summed E-state index contributed by atoms with van der Waals surface area (Å²) in [6.45, 7) is 4.12. The lowest BCUT2D eigenvalue weighted by Gasteiger charge is -2.28. The van der Waals surface area contributed by atoms with Crippen LogP contribution in [-0.2, 0) is 4.79 Å². The van der Waals surface area contributed by atoms with Gasteiger partial charge in [-0.3, -0.25) is 4.79 Å². The van der Waals surface area contributed by atoms with Gasteiger partial charge in [0.2, 0.25) is 5.91 Å². The number of nitrogens with two attached hydrogens (primary N) is 1. The van der Waals surface area contributed by atoms with Crippen LogP contribution < -0.4 is 11.1 Å². The Bertz CT molecular complexity index is 174. The third-order valence-electron chi connectivity index (χ3n) is 2.93. The molecule has 1 aliphatic carbocycles. The van der Waals surface area contributed by atoms with E-state index in [1.165, 1.54) is 25.7 Å². The first kappa shape index (κ1) is 10.5. The Kier molecular flexibility index (Phi) is 3.72. The fraction of sp³-hybridized carbons (Fsp3) is 0.900. The van der Waals surface area contributed by atoms with Crippen LogP contribution in [0.3, 0.4) is 0 Å². The van der Waals surface area contributed by atoms with Gasteiger partial charge in [0.15, 0.2) is 0 Å². The summed E-state index contributed by atoms with van der Waals surface area (Å²) in [7, 11) is 0. The van der Waals surface area contributed by atoms with E-state index in [1.54, 1.807) is 0 Å². The predicted molar refractivity (Wildman–Crippen MR) is 53.2 cm³/mol. The second-order valence-electron chi connectivity index (χ2n) is 4.25. The zero-order valence-electron chi connectivity index (χ0n) is 8.55. The molecule has 3 heteroatoms. The predicted octanol–water partition coefficient (Wildman–Crippen LogP) is 1.03. The van der Waals surface area contributed by atoms with Gasteiger partial charge in [0.1, 0.15) is 0 Å². The van der Waals surface area contributed by atoms with Crippen LogP contribution in [0.25, 0.3) is 0 Å². The number of nitrogens with one attached hydrogen (secondary N) is 1. The molecule has 0 aliphatic heterocycles. The maximum atomic E-state index is 10.8. The molecule has 13 heavy (non-hydrogen) atoms. The summed E-state index contributed by atoms with van der Waals surface area (Å²) in [6, 6.07) is 0.317. The van der Waals surface area contributed by atoms with Crippen LogP contribution in [0.2, 0.25) is 0 Å². The highest BCUT2D eigenvalue weighted by atomic mass is 16.1. The van der Waals surface area contributed by atoms with Crippen molar-refractivity contribution in [3.8, 4) is 0 Å². The lowest BCUT2D eigenvalue weighted by atomic mass is 9.87. The van der Waals surface area contributed by atoms with Crippen LogP contribution in [0.1, 0.15) is 39.5 Å². The van der Waals surface area contributed by atoms with E-state index in [4.69, 9.17) is 5.73 Å². The van der Waals surface area contributed by atoms with E-state index in [1.807, 2.05) is 6.92 Å². The summed E-state index contributed by atoms with van der Waals surface area (Å²) in [5, 5.41) is 3.26. The summed E-state index contributed by atoms with van der Waals surface area (Å²) in [5.41, 5.74) is 5.18. The Morgan fingerprint density at radius 1 is 1.38 bits per heavy atom. The first-order valence-corrected chi connectivity index (χ1v) is 5.15. The molecule has 0 aromatic heterocycles. The van der Waals surface area contributed by atoms with Crippen LogP contribution in [0.5, 0.6) is 0 Å². The number of carbonyl (C=O) groups excluding carboxylic acids is 1. The van der Waals surface area contributed by atoms with Crippen LogP contribution in [0.15, 0.2) is 0 Å². The van der Waals surface area contributed by atoms with Gasteiger partial charge in [0.25, 0.3) is 0 Å². The van der Waals surface area contributed by atoms with E-state index in [-0.39, 0.29) is 11.9 Å². The lowest BCUT2D eigenvalue weighted by molar-refractivity contribution is -0.119. The Morgan fingerprint density at radius 2 is 1.92 bits per heavy atom. The van der Waals surface area contributed by atoms with Gasteiger partial charge >= 0.3 is 0 Å². The van der Waals surface area contributed by atoms with Crippen molar-refractivity contribution in [1.82, 2.24) is 5.32 Å². The Hall–Kier alpha value is -0.570. The van der Waals surface area contributed by atoms with Crippen molar-refractivity contribution in [1.29, 1.82) is 0 Å². The molecule has 76 valence electrons. The van der Waals surface area contributed by atoms with E-state index in [0.29, 0.717) is 6.04 Å². The van der Waals surface area contributed by atoms with Crippen molar-refractivity contribution in [2.75, 3.05) is 0 Å². The van der Waals surface area contributed by atoms with Crippen molar-refractivity contribution in [2.45, 2.75) is 51.6 Å². The standard InChI is InChI=1S/C10H20N2O/c1-7-3-5-9(6-4-7)12-8(2)10(11)13/h7-9,12H,3-6H2,1-2H3,(H2,11,13). The van der Waals surface area contributed by atoms with Crippen molar-refractivity contribution >= 4 is 5.91 Å². The average molecular weight is 184 g/mol. The van der Waals surface area contributed by atoms with Crippen LogP contribution in [0.4, 0.5) is 0 Å². The van der Waals surface area contributed by atoms with E-state index >= 15 is 0 Å². The number of rotatable bonds is 3. The molecule has 1 fully saturated rings. The SMILES string of the molecule is CC1CCC(NC(C)C(N)=O)CC1. The summed E-state index contributed by atoms with van der Waals surface area (Å²) < 4.78 is 0. The lowest BCUT2D eigenvalue weighted by Crippen LogP contribution is -2.45. The molecule has 1 saturated carbocycles. The first-order valence-electron chi connectivity index (χ1n) is 5.15. The number of primary amides is 1. The van der Waals surface area contributed by atoms with E-state index < -0.39 is 0 Å². The number of amides is 1. The molecule has 0 heterocycles. The second kappa shape index (κ2) is 4.61. The number of hydrogen-bond donors (Lipinski definition) is 2. The molecule has 1 atom stereocenters. The zero-order chi connectivity index (χ0) is 9.84. The summed E-state index contributed by atoms with van der Waals surface area (Å²) in [6.07, 6.45) is 4.89. The molecule has 1 amide bonds. The van der Waals surface area contributed by atoms with Crippen LogP contribution >= 0.6 is 0 Å². The van der Waals surface area contributed by atoms with Gasteiger partial charge in [-0.2, -0.15) is 0 Å². The maximum Gasteiger partial charge on any atom is 0.234 e. The molecular formula is C10H20N2O. The first-order chi connectivity index (χ1) is 6.09.